The molecule has 176 valence electrons. The van der Waals surface area contributed by atoms with E-state index >= 15 is 0 Å². The predicted molar refractivity (Wildman–Crippen MR) is 148 cm³/mol. The van der Waals surface area contributed by atoms with Crippen molar-refractivity contribution < 1.29 is 8.42 Å². The first-order valence-electron chi connectivity index (χ1n) is 11.8. The summed E-state index contributed by atoms with van der Waals surface area (Å²) in [5.74, 6) is 0. The molecule has 0 aliphatic heterocycles. The molecule has 2 unspecified atom stereocenters. The van der Waals surface area contributed by atoms with E-state index in [0.717, 1.165) is 22.3 Å². The molecule has 0 aliphatic rings. The van der Waals surface area contributed by atoms with E-state index in [1.54, 1.807) is 0 Å². The van der Waals surface area contributed by atoms with Crippen LogP contribution >= 0.6 is 0 Å². The molecule has 4 aromatic carbocycles. The Balaban J connectivity index is 1.78. The molecule has 0 fully saturated rings. The lowest BCUT2D eigenvalue weighted by Gasteiger charge is -2.21. The van der Waals surface area contributed by atoms with Gasteiger partial charge in [0.1, 0.15) is 10.5 Å². The fourth-order valence-electron chi connectivity index (χ4n) is 4.02. The van der Waals surface area contributed by atoms with Gasteiger partial charge in [-0.15, -0.1) is 0 Å². The van der Waals surface area contributed by atoms with Gasteiger partial charge in [-0.25, -0.2) is 8.42 Å². The Morgan fingerprint density at radius 1 is 0.514 bits per heavy atom. The molecular formula is C32H30O2S. The minimum atomic E-state index is -3.70. The molecule has 0 aromatic heterocycles. The van der Waals surface area contributed by atoms with Gasteiger partial charge in [0, 0.05) is 0 Å². The van der Waals surface area contributed by atoms with Gasteiger partial charge in [0.15, 0.2) is 9.84 Å². The summed E-state index contributed by atoms with van der Waals surface area (Å²) < 4.78 is 28.6. The van der Waals surface area contributed by atoms with Crippen LogP contribution in [-0.4, -0.2) is 8.42 Å². The SMILES string of the molecule is Cc1ccc(/C=C\C(c2ccccc2)S(=O)(=O)C(/C=C\c2ccc(C)cc2)c2ccccc2)cc1. The largest absolute Gasteiger partial charge is 0.227 e. The van der Waals surface area contributed by atoms with Crippen LogP contribution < -0.4 is 0 Å². The third-order valence-electron chi connectivity index (χ3n) is 6.05. The van der Waals surface area contributed by atoms with Gasteiger partial charge in [-0.05, 0) is 36.1 Å². The van der Waals surface area contributed by atoms with Crippen LogP contribution in [0.15, 0.2) is 121 Å². The van der Waals surface area contributed by atoms with Crippen molar-refractivity contribution in [1.82, 2.24) is 0 Å². The Labute approximate surface area is 209 Å². The zero-order chi connectivity index (χ0) is 24.7. The monoisotopic (exact) mass is 478 g/mol. The predicted octanol–water partition coefficient (Wildman–Crippen LogP) is 7.93. The van der Waals surface area contributed by atoms with Crippen molar-refractivity contribution in [3.8, 4) is 0 Å². The Hall–Kier alpha value is -3.69. The molecule has 0 heterocycles. The molecule has 35 heavy (non-hydrogen) atoms. The van der Waals surface area contributed by atoms with Gasteiger partial charge in [0.2, 0.25) is 0 Å². The van der Waals surface area contributed by atoms with Gasteiger partial charge in [0.25, 0.3) is 0 Å². The van der Waals surface area contributed by atoms with E-state index in [2.05, 4.69) is 0 Å². The molecule has 0 amide bonds. The first-order valence-corrected chi connectivity index (χ1v) is 13.4. The summed E-state index contributed by atoms with van der Waals surface area (Å²) in [6.07, 6.45) is 7.43. The average Bonchev–Trinajstić information content (AvgIpc) is 2.87. The molecule has 3 heteroatoms. The van der Waals surface area contributed by atoms with Crippen molar-refractivity contribution in [2.75, 3.05) is 0 Å². The molecule has 0 N–H and O–H groups in total. The molecule has 2 atom stereocenters. The second-order valence-electron chi connectivity index (χ2n) is 8.79. The van der Waals surface area contributed by atoms with E-state index in [4.69, 9.17) is 0 Å². The Morgan fingerprint density at radius 3 is 1.20 bits per heavy atom. The number of sulfone groups is 1. The number of hydrogen-bond donors (Lipinski definition) is 0. The van der Waals surface area contributed by atoms with E-state index < -0.39 is 20.3 Å². The summed E-state index contributed by atoms with van der Waals surface area (Å²) in [6.45, 7) is 4.07. The fourth-order valence-corrected chi connectivity index (χ4v) is 6.00. The topological polar surface area (TPSA) is 34.1 Å². The smallest absolute Gasteiger partial charge is 0.171 e. The van der Waals surface area contributed by atoms with Crippen LogP contribution in [0.5, 0.6) is 0 Å². The molecular weight excluding hydrogens is 448 g/mol. The molecule has 0 saturated carbocycles. The van der Waals surface area contributed by atoms with Crippen LogP contribution in [0.25, 0.3) is 12.2 Å². The highest BCUT2D eigenvalue weighted by Crippen LogP contribution is 2.37. The summed E-state index contributed by atoms with van der Waals surface area (Å²) in [4.78, 5) is 0. The highest BCUT2D eigenvalue weighted by molar-refractivity contribution is 7.92. The summed E-state index contributed by atoms with van der Waals surface area (Å²) in [6, 6.07) is 35.0. The van der Waals surface area contributed by atoms with Crippen molar-refractivity contribution in [2.45, 2.75) is 24.3 Å². The van der Waals surface area contributed by atoms with E-state index in [1.165, 1.54) is 11.1 Å². The molecule has 0 saturated heterocycles. The first kappa shape index (κ1) is 24.4. The molecule has 2 nitrogen and oxygen atoms in total. The number of rotatable bonds is 8. The Morgan fingerprint density at radius 2 is 0.857 bits per heavy atom. The minimum absolute atomic E-state index is 0.750. The zero-order valence-electron chi connectivity index (χ0n) is 20.1. The maximum Gasteiger partial charge on any atom is 0.171 e. The number of benzene rings is 4. The third kappa shape index (κ3) is 6.26. The van der Waals surface area contributed by atoms with Crippen molar-refractivity contribution in [2.24, 2.45) is 0 Å². The lowest BCUT2D eigenvalue weighted by atomic mass is 10.1. The van der Waals surface area contributed by atoms with Gasteiger partial charge in [-0.1, -0.05) is 145 Å². The van der Waals surface area contributed by atoms with Crippen LogP contribution in [0.4, 0.5) is 0 Å². The van der Waals surface area contributed by atoms with Crippen LogP contribution in [0.2, 0.25) is 0 Å². The molecule has 0 bridgehead atoms. The second-order valence-corrected chi connectivity index (χ2v) is 11.0. The van der Waals surface area contributed by atoms with E-state index in [0.29, 0.717) is 0 Å². The molecule has 0 aliphatic carbocycles. The van der Waals surface area contributed by atoms with Crippen molar-refractivity contribution >= 4 is 22.0 Å². The summed E-state index contributed by atoms with van der Waals surface area (Å²) in [5, 5.41) is -1.59. The molecule has 0 radical (unpaired) electrons. The van der Waals surface area contributed by atoms with Gasteiger partial charge < -0.3 is 0 Å². The van der Waals surface area contributed by atoms with Crippen molar-refractivity contribution in [3.63, 3.8) is 0 Å². The van der Waals surface area contributed by atoms with Gasteiger partial charge in [0.05, 0.1) is 0 Å². The maximum atomic E-state index is 14.3. The molecule has 4 rings (SSSR count). The normalized spacial score (nSPS) is 13.8. The average molecular weight is 479 g/mol. The van der Waals surface area contributed by atoms with Crippen molar-refractivity contribution in [3.05, 3.63) is 155 Å². The maximum absolute atomic E-state index is 14.3. The highest BCUT2D eigenvalue weighted by Gasteiger charge is 2.33. The zero-order valence-corrected chi connectivity index (χ0v) is 20.9. The lowest BCUT2D eigenvalue weighted by Crippen LogP contribution is -2.19. The van der Waals surface area contributed by atoms with Gasteiger partial charge in [-0.3, -0.25) is 0 Å². The van der Waals surface area contributed by atoms with E-state index in [-0.39, 0.29) is 0 Å². The lowest BCUT2D eigenvalue weighted by molar-refractivity contribution is 0.584. The van der Waals surface area contributed by atoms with Crippen LogP contribution in [-0.2, 0) is 9.84 Å². The number of hydrogen-bond acceptors (Lipinski definition) is 2. The Bertz CT molecular complexity index is 1280. The van der Waals surface area contributed by atoms with Gasteiger partial charge >= 0.3 is 0 Å². The van der Waals surface area contributed by atoms with Gasteiger partial charge in [-0.2, -0.15) is 0 Å². The van der Waals surface area contributed by atoms with Crippen LogP contribution in [0.3, 0.4) is 0 Å². The standard InChI is InChI=1S/C32H30O2S/c1-25-13-17-27(18-14-25)21-23-31(29-9-5-3-6-10-29)35(33,34)32(30-11-7-4-8-12-30)24-22-28-19-15-26(2)16-20-28/h3-24,31-32H,1-2H3/b23-21-,24-22-. The Kier molecular flexibility index (Phi) is 7.79. The van der Waals surface area contributed by atoms with E-state index in [1.807, 2.05) is 147 Å². The summed E-state index contributed by atoms with van der Waals surface area (Å²) >= 11 is 0. The van der Waals surface area contributed by atoms with Crippen LogP contribution in [0.1, 0.15) is 43.9 Å². The van der Waals surface area contributed by atoms with E-state index in [9.17, 15) is 8.42 Å². The van der Waals surface area contributed by atoms with Crippen LogP contribution in [0, 0.1) is 13.8 Å². The third-order valence-corrected chi connectivity index (χ3v) is 8.32. The van der Waals surface area contributed by atoms with Crippen molar-refractivity contribution in [1.29, 1.82) is 0 Å². The first-order chi connectivity index (χ1) is 16.9. The minimum Gasteiger partial charge on any atom is -0.227 e. The molecule has 4 aromatic rings. The number of aryl methyl sites for hydroxylation is 2. The second kappa shape index (κ2) is 11.2. The molecule has 0 spiro atoms. The fraction of sp³-hybridized carbons (Fsp3) is 0.125. The quantitative estimate of drug-likeness (QED) is 0.258. The highest BCUT2D eigenvalue weighted by atomic mass is 32.2. The summed E-state index contributed by atoms with van der Waals surface area (Å²) in [7, 11) is -3.70. The summed E-state index contributed by atoms with van der Waals surface area (Å²) in [5.41, 5.74) is 5.77.